The van der Waals surface area contributed by atoms with Gasteiger partial charge in [-0.1, -0.05) is 0 Å². The molecule has 0 aromatic rings. The summed E-state index contributed by atoms with van der Waals surface area (Å²) in [6, 6.07) is 0. The standard InChI is InChI=1S/C14H25NO9/c1-14(2,3)24-13(20)15-5-8(16)22-6-7-9(17)10(18)11(19)12(21-4)23-7/h7,9-12,17-19H,5-6H2,1-4H3,(H,15,20)/t7?,9-,10?,11?,12+/m1/s1. The number of ether oxygens (including phenoxy) is 4. The highest BCUT2D eigenvalue weighted by Crippen LogP contribution is 2.21. The summed E-state index contributed by atoms with van der Waals surface area (Å²) in [5, 5.41) is 31.3. The maximum Gasteiger partial charge on any atom is 0.408 e. The number of hydrogen-bond donors (Lipinski definition) is 4. The Morgan fingerprint density at radius 3 is 2.29 bits per heavy atom. The van der Waals surface area contributed by atoms with Gasteiger partial charge in [-0.05, 0) is 20.8 Å². The third-order valence-corrected chi connectivity index (χ3v) is 3.09. The van der Waals surface area contributed by atoms with Crippen molar-refractivity contribution in [2.75, 3.05) is 20.3 Å². The molecule has 1 aliphatic rings. The van der Waals surface area contributed by atoms with E-state index in [1.54, 1.807) is 20.8 Å². The van der Waals surface area contributed by atoms with Crippen LogP contribution in [0.2, 0.25) is 0 Å². The van der Waals surface area contributed by atoms with Crippen LogP contribution in [0.1, 0.15) is 20.8 Å². The molecule has 10 nitrogen and oxygen atoms in total. The average Bonchev–Trinajstić information content (AvgIpc) is 2.48. The van der Waals surface area contributed by atoms with Crippen molar-refractivity contribution in [2.45, 2.75) is 57.1 Å². The summed E-state index contributed by atoms with van der Waals surface area (Å²) >= 11 is 0. The van der Waals surface area contributed by atoms with Crippen LogP contribution in [-0.2, 0) is 23.7 Å². The zero-order valence-electron chi connectivity index (χ0n) is 14.1. The van der Waals surface area contributed by atoms with Gasteiger partial charge in [-0.2, -0.15) is 0 Å². The number of hydrogen-bond acceptors (Lipinski definition) is 9. The van der Waals surface area contributed by atoms with Gasteiger partial charge in [0.2, 0.25) is 0 Å². The van der Waals surface area contributed by atoms with Gasteiger partial charge in [-0.15, -0.1) is 0 Å². The van der Waals surface area contributed by atoms with Gasteiger partial charge in [0, 0.05) is 7.11 Å². The van der Waals surface area contributed by atoms with E-state index in [-0.39, 0.29) is 6.61 Å². The van der Waals surface area contributed by atoms with E-state index < -0.39 is 54.9 Å². The fourth-order valence-corrected chi connectivity index (χ4v) is 1.93. The van der Waals surface area contributed by atoms with Gasteiger partial charge < -0.3 is 39.6 Å². The number of methoxy groups -OCH3 is 1. The molecule has 0 saturated carbocycles. The molecule has 140 valence electrons. The Morgan fingerprint density at radius 2 is 1.75 bits per heavy atom. The van der Waals surface area contributed by atoms with E-state index >= 15 is 0 Å². The lowest BCUT2D eigenvalue weighted by Gasteiger charge is -2.39. The fourth-order valence-electron chi connectivity index (χ4n) is 1.93. The maximum atomic E-state index is 11.6. The van der Waals surface area contributed by atoms with Crippen molar-refractivity contribution in [2.24, 2.45) is 0 Å². The van der Waals surface area contributed by atoms with Gasteiger partial charge in [0.25, 0.3) is 0 Å². The lowest BCUT2D eigenvalue weighted by atomic mass is 9.99. The van der Waals surface area contributed by atoms with Gasteiger partial charge in [-0.25, -0.2) is 4.79 Å². The van der Waals surface area contributed by atoms with E-state index in [1.807, 2.05) is 0 Å². The number of esters is 1. The van der Waals surface area contributed by atoms with Crippen LogP contribution in [0.4, 0.5) is 4.79 Å². The normalized spacial score (nSPS) is 30.5. The third kappa shape index (κ3) is 6.21. The van der Waals surface area contributed by atoms with Crippen molar-refractivity contribution in [1.29, 1.82) is 0 Å². The number of nitrogens with one attached hydrogen (secondary N) is 1. The Hall–Kier alpha value is -1.46. The first-order chi connectivity index (χ1) is 11.0. The van der Waals surface area contributed by atoms with Gasteiger partial charge in [0.15, 0.2) is 6.29 Å². The molecule has 1 aliphatic heterocycles. The van der Waals surface area contributed by atoms with Crippen molar-refractivity contribution in [3.63, 3.8) is 0 Å². The monoisotopic (exact) mass is 351 g/mol. The van der Waals surface area contributed by atoms with E-state index in [1.165, 1.54) is 7.11 Å². The van der Waals surface area contributed by atoms with E-state index in [9.17, 15) is 24.9 Å². The Kier molecular flexibility index (Phi) is 7.36. The van der Waals surface area contributed by atoms with Crippen LogP contribution in [-0.4, -0.2) is 84.0 Å². The predicted molar refractivity (Wildman–Crippen MR) is 78.9 cm³/mol. The summed E-state index contributed by atoms with van der Waals surface area (Å²) in [5.74, 6) is -0.786. The highest BCUT2D eigenvalue weighted by Gasteiger charge is 2.44. The minimum atomic E-state index is -1.51. The smallest absolute Gasteiger partial charge is 0.408 e. The Labute approximate surface area is 139 Å². The summed E-state index contributed by atoms with van der Waals surface area (Å²) in [6.45, 7) is 4.21. The molecule has 1 amide bonds. The number of rotatable bonds is 5. The molecule has 3 unspecified atom stereocenters. The van der Waals surface area contributed by atoms with Crippen molar-refractivity contribution >= 4 is 12.1 Å². The van der Waals surface area contributed by atoms with E-state index in [2.05, 4.69) is 5.32 Å². The van der Waals surface area contributed by atoms with E-state index in [0.29, 0.717) is 0 Å². The van der Waals surface area contributed by atoms with E-state index in [0.717, 1.165) is 0 Å². The topological polar surface area (TPSA) is 144 Å². The van der Waals surface area contributed by atoms with E-state index in [4.69, 9.17) is 18.9 Å². The maximum absolute atomic E-state index is 11.6. The zero-order valence-corrected chi connectivity index (χ0v) is 14.1. The number of aliphatic hydroxyl groups is 3. The summed E-state index contributed by atoms with van der Waals surface area (Å²) < 4.78 is 19.8. The summed E-state index contributed by atoms with van der Waals surface area (Å²) in [5.41, 5.74) is -0.694. The number of carbonyl (C=O) groups is 2. The minimum absolute atomic E-state index is 0.389. The lowest BCUT2D eigenvalue weighted by molar-refractivity contribution is -0.295. The summed E-state index contributed by atoms with van der Waals surface area (Å²) in [7, 11) is 1.26. The second-order valence-corrected chi connectivity index (χ2v) is 6.29. The molecular weight excluding hydrogens is 326 g/mol. The summed E-state index contributed by atoms with van der Waals surface area (Å²) in [6.07, 6.45) is -7.41. The van der Waals surface area contributed by atoms with Crippen LogP contribution in [0.15, 0.2) is 0 Å². The van der Waals surface area contributed by atoms with Crippen LogP contribution >= 0.6 is 0 Å². The molecule has 0 aliphatic carbocycles. The number of aliphatic hydroxyl groups excluding tert-OH is 3. The highest BCUT2D eigenvalue weighted by atomic mass is 16.7. The molecule has 0 spiro atoms. The molecule has 0 radical (unpaired) electrons. The van der Waals surface area contributed by atoms with Crippen LogP contribution < -0.4 is 5.32 Å². The largest absolute Gasteiger partial charge is 0.461 e. The quantitative estimate of drug-likeness (QED) is 0.435. The van der Waals surface area contributed by atoms with Gasteiger partial charge >= 0.3 is 12.1 Å². The Bertz CT molecular complexity index is 434. The highest BCUT2D eigenvalue weighted by molar-refractivity contribution is 5.78. The van der Waals surface area contributed by atoms with Gasteiger partial charge in [-0.3, -0.25) is 4.79 Å². The molecule has 24 heavy (non-hydrogen) atoms. The first kappa shape index (κ1) is 20.6. The summed E-state index contributed by atoms with van der Waals surface area (Å²) in [4.78, 5) is 23.0. The molecule has 0 aromatic heterocycles. The number of carbonyl (C=O) groups excluding carboxylic acids is 2. The minimum Gasteiger partial charge on any atom is -0.461 e. The first-order valence-corrected chi connectivity index (χ1v) is 7.40. The lowest BCUT2D eigenvalue weighted by Crippen LogP contribution is -2.59. The molecule has 4 N–H and O–H groups in total. The van der Waals surface area contributed by atoms with Crippen molar-refractivity contribution < 1.29 is 43.9 Å². The first-order valence-electron chi connectivity index (χ1n) is 7.40. The molecule has 0 bridgehead atoms. The second-order valence-electron chi connectivity index (χ2n) is 6.29. The molecule has 1 heterocycles. The zero-order chi connectivity index (χ0) is 18.5. The van der Waals surface area contributed by atoms with Gasteiger partial charge in [0.05, 0.1) is 0 Å². The number of amides is 1. The third-order valence-electron chi connectivity index (χ3n) is 3.09. The van der Waals surface area contributed by atoms with Crippen LogP contribution in [0, 0.1) is 0 Å². The van der Waals surface area contributed by atoms with Crippen molar-refractivity contribution in [3.8, 4) is 0 Å². The molecular formula is C14H25NO9. The molecule has 5 atom stereocenters. The Balaban J connectivity index is 2.39. The molecule has 10 heteroatoms. The van der Waals surface area contributed by atoms with Crippen LogP contribution in [0.25, 0.3) is 0 Å². The molecule has 1 fully saturated rings. The average molecular weight is 351 g/mol. The Morgan fingerprint density at radius 1 is 1.12 bits per heavy atom. The molecule has 0 aromatic carbocycles. The second kappa shape index (κ2) is 8.58. The van der Waals surface area contributed by atoms with Crippen LogP contribution in [0.3, 0.4) is 0 Å². The molecule has 1 saturated heterocycles. The fraction of sp³-hybridized carbons (Fsp3) is 0.857. The number of alkyl carbamates (subject to hydrolysis) is 1. The van der Waals surface area contributed by atoms with Crippen LogP contribution in [0.5, 0.6) is 0 Å². The van der Waals surface area contributed by atoms with Gasteiger partial charge in [0.1, 0.15) is 43.2 Å². The van der Waals surface area contributed by atoms with Crippen molar-refractivity contribution in [1.82, 2.24) is 5.32 Å². The molecule has 1 rings (SSSR count). The van der Waals surface area contributed by atoms with Crippen molar-refractivity contribution in [3.05, 3.63) is 0 Å². The predicted octanol–water partition coefficient (Wildman–Crippen LogP) is -1.49. The SMILES string of the molecule is CO[C@H]1OC(COC(=O)CNC(=O)OC(C)(C)C)[C@@H](O)C(O)C1O.